The fourth-order valence-electron chi connectivity index (χ4n) is 2.17. The van der Waals surface area contributed by atoms with Crippen LogP contribution >= 0.6 is 22.9 Å². The molecule has 4 nitrogen and oxygen atoms in total. The number of nitrogens with one attached hydrogen (secondary N) is 1. The lowest BCUT2D eigenvalue weighted by Crippen LogP contribution is -2.18. The molecule has 1 aromatic heterocycles. The summed E-state index contributed by atoms with van der Waals surface area (Å²) in [5.74, 6) is -0.891. The van der Waals surface area contributed by atoms with E-state index in [4.69, 9.17) is 17.3 Å². The Morgan fingerprint density at radius 1 is 1.33 bits per heavy atom. The third-order valence-corrected chi connectivity index (χ3v) is 4.55. The van der Waals surface area contributed by atoms with E-state index >= 15 is 0 Å². The maximum atomic E-state index is 12.3. The molecule has 1 aromatic carbocycles. The number of thiophene rings is 1. The van der Waals surface area contributed by atoms with E-state index in [9.17, 15) is 9.59 Å². The number of hydrogen-bond donors (Lipinski definition) is 2. The van der Waals surface area contributed by atoms with Crippen LogP contribution in [-0.2, 0) is 6.42 Å². The summed E-state index contributed by atoms with van der Waals surface area (Å²) in [6.45, 7) is 3.85. The summed E-state index contributed by atoms with van der Waals surface area (Å²) < 4.78 is 0. The molecule has 0 aliphatic rings. The zero-order valence-corrected chi connectivity index (χ0v) is 13.3. The molecule has 0 atom stereocenters. The van der Waals surface area contributed by atoms with Crippen molar-refractivity contribution >= 4 is 39.8 Å². The normalized spacial score (nSPS) is 10.4. The van der Waals surface area contributed by atoms with Gasteiger partial charge in [0.1, 0.15) is 5.00 Å². The molecule has 3 N–H and O–H groups in total. The van der Waals surface area contributed by atoms with Gasteiger partial charge in [-0.25, -0.2) is 0 Å². The van der Waals surface area contributed by atoms with Gasteiger partial charge in [-0.15, -0.1) is 11.3 Å². The smallest absolute Gasteiger partial charge is 0.257 e. The average Bonchev–Trinajstić information content (AvgIpc) is 2.74. The third-order valence-electron chi connectivity index (χ3n) is 3.15. The van der Waals surface area contributed by atoms with Gasteiger partial charge in [0.15, 0.2) is 0 Å². The lowest BCUT2D eigenvalue weighted by atomic mass is 10.1. The van der Waals surface area contributed by atoms with Gasteiger partial charge in [-0.1, -0.05) is 30.7 Å². The van der Waals surface area contributed by atoms with Crippen molar-refractivity contribution in [2.45, 2.75) is 20.3 Å². The van der Waals surface area contributed by atoms with E-state index in [0.29, 0.717) is 27.6 Å². The van der Waals surface area contributed by atoms with Gasteiger partial charge in [-0.3, -0.25) is 9.59 Å². The molecule has 0 aliphatic heterocycles. The number of halogens is 1. The number of rotatable bonds is 4. The Morgan fingerprint density at radius 2 is 2.00 bits per heavy atom. The molecular formula is C15H15ClN2O2S. The topological polar surface area (TPSA) is 72.2 Å². The lowest BCUT2D eigenvalue weighted by molar-refractivity contribution is 0.100. The highest BCUT2D eigenvalue weighted by molar-refractivity contribution is 7.16. The van der Waals surface area contributed by atoms with Crippen molar-refractivity contribution < 1.29 is 9.59 Å². The summed E-state index contributed by atoms with van der Waals surface area (Å²) >= 11 is 7.35. The number of aryl methyl sites for hydroxylation is 1. The standard InChI is InChI=1S/C15H15ClN2O2S/c1-3-9-8(2)21-15(12(9)13(17)19)18-14(20)10-6-4-5-7-11(10)16/h4-7H,3H2,1-2H3,(H2,17,19)(H,18,20). The second-order valence-electron chi connectivity index (χ2n) is 4.49. The van der Waals surface area contributed by atoms with E-state index in [1.54, 1.807) is 24.3 Å². The highest BCUT2D eigenvalue weighted by atomic mass is 35.5. The van der Waals surface area contributed by atoms with E-state index in [2.05, 4.69) is 5.32 Å². The summed E-state index contributed by atoms with van der Waals surface area (Å²) in [7, 11) is 0. The first-order valence-corrected chi connectivity index (χ1v) is 7.63. The summed E-state index contributed by atoms with van der Waals surface area (Å²) in [5.41, 5.74) is 7.06. The number of anilines is 1. The van der Waals surface area contributed by atoms with Crippen molar-refractivity contribution in [2.24, 2.45) is 5.73 Å². The fraction of sp³-hybridized carbons (Fsp3) is 0.200. The first kappa shape index (κ1) is 15.5. The summed E-state index contributed by atoms with van der Waals surface area (Å²) in [4.78, 5) is 24.9. The van der Waals surface area contributed by atoms with Crippen LogP contribution in [0, 0.1) is 6.92 Å². The zero-order valence-electron chi connectivity index (χ0n) is 11.7. The molecule has 21 heavy (non-hydrogen) atoms. The molecule has 2 amide bonds. The van der Waals surface area contributed by atoms with Crippen molar-refractivity contribution in [3.8, 4) is 0 Å². The number of hydrogen-bond acceptors (Lipinski definition) is 3. The minimum Gasteiger partial charge on any atom is -0.365 e. The molecule has 0 saturated carbocycles. The third kappa shape index (κ3) is 3.09. The van der Waals surface area contributed by atoms with Crippen molar-refractivity contribution in [1.82, 2.24) is 0 Å². The molecule has 2 rings (SSSR count). The van der Waals surface area contributed by atoms with Gasteiger partial charge >= 0.3 is 0 Å². The van der Waals surface area contributed by atoms with Gasteiger partial charge in [0.05, 0.1) is 16.1 Å². The Kier molecular flexibility index (Phi) is 4.65. The highest BCUT2D eigenvalue weighted by Crippen LogP contribution is 2.33. The fourth-order valence-corrected chi connectivity index (χ4v) is 3.54. The second kappa shape index (κ2) is 6.28. The Hall–Kier alpha value is -1.85. The Labute approximate surface area is 131 Å². The van der Waals surface area contributed by atoms with Crippen LogP contribution in [0.15, 0.2) is 24.3 Å². The largest absolute Gasteiger partial charge is 0.365 e. The highest BCUT2D eigenvalue weighted by Gasteiger charge is 2.21. The Morgan fingerprint density at radius 3 is 2.57 bits per heavy atom. The van der Waals surface area contributed by atoms with Crippen molar-refractivity contribution in [1.29, 1.82) is 0 Å². The SMILES string of the molecule is CCc1c(C)sc(NC(=O)c2ccccc2Cl)c1C(N)=O. The van der Waals surface area contributed by atoms with E-state index in [1.807, 2.05) is 13.8 Å². The van der Waals surface area contributed by atoms with Crippen molar-refractivity contribution in [3.05, 3.63) is 50.9 Å². The number of carbonyl (C=O) groups excluding carboxylic acids is 2. The molecule has 0 fully saturated rings. The van der Waals surface area contributed by atoms with Gasteiger partial charge in [0, 0.05) is 4.88 Å². The molecule has 1 heterocycles. The van der Waals surface area contributed by atoms with Gasteiger partial charge in [-0.05, 0) is 31.0 Å². The van der Waals surface area contributed by atoms with Gasteiger partial charge < -0.3 is 11.1 Å². The van der Waals surface area contributed by atoms with Crippen LogP contribution < -0.4 is 11.1 Å². The second-order valence-corrected chi connectivity index (χ2v) is 6.12. The summed E-state index contributed by atoms with van der Waals surface area (Å²) in [6.07, 6.45) is 0.683. The van der Waals surface area contributed by atoms with E-state index in [-0.39, 0.29) is 5.91 Å². The first-order valence-electron chi connectivity index (χ1n) is 6.43. The minimum atomic E-state index is -0.536. The van der Waals surface area contributed by atoms with Crippen molar-refractivity contribution in [2.75, 3.05) is 5.32 Å². The molecule has 110 valence electrons. The maximum absolute atomic E-state index is 12.3. The van der Waals surface area contributed by atoms with Crippen LogP contribution in [0.1, 0.15) is 38.1 Å². The molecule has 0 spiro atoms. The van der Waals surface area contributed by atoms with Crippen LogP contribution in [0.5, 0.6) is 0 Å². The van der Waals surface area contributed by atoms with Gasteiger partial charge in [-0.2, -0.15) is 0 Å². The Bertz CT molecular complexity index is 710. The van der Waals surface area contributed by atoms with Gasteiger partial charge in [0.2, 0.25) is 0 Å². The zero-order chi connectivity index (χ0) is 15.6. The van der Waals surface area contributed by atoms with Crippen LogP contribution in [0.3, 0.4) is 0 Å². The summed E-state index contributed by atoms with van der Waals surface area (Å²) in [5, 5.41) is 3.57. The monoisotopic (exact) mass is 322 g/mol. The summed E-state index contributed by atoms with van der Waals surface area (Å²) in [6, 6.07) is 6.75. The van der Waals surface area contributed by atoms with E-state index in [0.717, 1.165) is 10.4 Å². The van der Waals surface area contributed by atoms with Crippen LogP contribution in [0.25, 0.3) is 0 Å². The lowest BCUT2D eigenvalue weighted by Gasteiger charge is -2.07. The van der Waals surface area contributed by atoms with Crippen molar-refractivity contribution in [3.63, 3.8) is 0 Å². The predicted octanol–water partition coefficient (Wildman–Crippen LogP) is 3.62. The van der Waals surface area contributed by atoms with E-state index in [1.165, 1.54) is 11.3 Å². The van der Waals surface area contributed by atoms with E-state index < -0.39 is 5.91 Å². The molecule has 6 heteroatoms. The molecule has 0 radical (unpaired) electrons. The first-order chi connectivity index (χ1) is 9.95. The number of primary amides is 1. The number of benzene rings is 1. The molecule has 0 unspecified atom stereocenters. The van der Waals surface area contributed by atoms with Crippen LogP contribution in [0.2, 0.25) is 5.02 Å². The average molecular weight is 323 g/mol. The molecule has 0 saturated heterocycles. The minimum absolute atomic E-state index is 0.355. The van der Waals surface area contributed by atoms with Crippen LogP contribution in [-0.4, -0.2) is 11.8 Å². The number of carbonyl (C=O) groups is 2. The van der Waals surface area contributed by atoms with Crippen LogP contribution in [0.4, 0.5) is 5.00 Å². The predicted molar refractivity (Wildman–Crippen MR) is 86.4 cm³/mol. The molecule has 2 aromatic rings. The molecular weight excluding hydrogens is 308 g/mol. The molecule has 0 bridgehead atoms. The Balaban J connectivity index is 2.38. The van der Waals surface area contributed by atoms with Gasteiger partial charge in [0.25, 0.3) is 11.8 Å². The maximum Gasteiger partial charge on any atom is 0.257 e. The quantitative estimate of drug-likeness (QED) is 0.902. The number of amides is 2. The number of nitrogens with two attached hydrogens (primary N) is 1. The molecule has 0 aliphatic carbocycles.